The molecule has 1 heterocycles. The molecule has 0 spiro atoms. The highest BCUT2D eigenvalue weighted by Gasteiger charge is 2.19. The maximum atomic E-state index is 11.4. The zero-order chi connectivity index (χ0) is 12.0. The summed E-state index contributed by atoms with van der Waals surface area (Å²) in [6, 6.07) is 0.407. The van der Waals surface area contributed by atoms with Crippen LogP contribution in [-0.2, 0) is 4.79 Å². The van der Waals surface area contributed by atoms with Crippen LogP contribution in [0.15, 0.2) is 5.16 Å². The van der Waals surface area contributed by atoms with Gasteiger partial charge in [0.2, 0.25) is 5.91 Å². The average Bonchev–Trinajstić information content (AvgIpc) is 2.28. The average molecular weight is 228 g/mol. The largest absolute Gasteiger partial charge is 0.409 e. The molecular weight excluding hydrogens is 208 g/mol. The number of rotatable bonds is 4. The second kappa shape index (κ2) is 6.32. The first-order valence-corrected chi connectivity index (χ1v) is 5.57. The number of nitrogens with two attached hydrogens (primary N) is 1. The summed E-state index contributed by atoms with van der Waals surface area (Å²) in [4.78, 5) is 13.6. The number of nitrogens with zero attached hydrogens (tertiary/aromatic N) is 2. The van der Waals surface area contributed by atoms with Crippen LogP contribution in [0.25, 0.3) is 0 Å². The van der Waals surface area contributed by atoms with Crippen LogP contribution in [0.3, 0.4) is 0 Å². The van der Waals surface area contributed by atoms with Gasteiger partial charge in [0.05, 0.1) is 6.42 Å². The molecule has 1 atom stereocenters. The number of piperidine rings is 1. The summed E-state index contributed by atoms with van der Waals surface area (Å²) < 4.78 is 0. The van der Waals surface area contributed by atoms with Crippen molar-refractivity contribution in [1.82, 2.24) is 10.2 Å². The third-order valence-corrected chi connectivity index (χ3v) is 2.93. The standard InChI is InChI=1S/C10H20N4O2/c1-14-5-3-2-4-8(14)7-12-10(15)6-9(11)13-16/h8,16H,2-7H2,1H3,(H2,11,13)(H,12,15). The Labute approximate surface area is 95.5 Å². The van der Waals surface area contributed by atoms with Gasteiger partial charge in [0.25, 0.3) is 0 Å². The van der Waals surface area contributed by atoms with Crippen molar-refractivity contribution in [3.05, 3.63) is 0 Å². The highest BCUT2D eigenvalue weighted by molar-refractivity contribution is 5.98. The van der Waals surface area contributed by atoms with Gasteiger partial charge < -0.3 is 21.2 Å². The van der Waals surface area contributed by atoms with E-state index in [4.69, 9.17) is 10.9 Å². The number of hydrogen-bond donors (Lipinski definition) is 3. The van der Waals surface area contributed by atoms with Crippen molar-refractivity contribution in [2.45, 2.75) is 31.7 Å². The van der Waals surface area contributed by atoms with Crippen LogP contribution in [0.2, 0.25) is 0 Å². The molecule has 0 saturated carbocycles. The fourth-order valence-corrected chi connectivity index (χ4v) is 1.90. The van der Waals surface area contributed by atoms with E-state index in [-0.39, 0.29) is 18.2 Å². The summed E-state index contributed by atoms with van der Waals surface area (Å²) >= 11 is 0. The Morgan fingerprint density at radius 3 is 3.00 bits per heavy atom. The number of oxime groups is 1. The lowest BCUT2D eigenvalue weighted by molar-refractivity contribution is -0.120. The quantitative estimate of drug-likeness (QED) is 0.267. The number of hydrogen-bond acceptors (Lipinski definition) is 4. The number of likely N-dealkylation sites (N-methyl/N-ethyl adjacent to an activating group) is 1. The predicted molar refractivity (Wildman–Crippen MR) is 61.3 cm³/mol. The van der Waals surface area contributed by atoms with E-state index in [1.165, 1.54) is 12.8 Å². The Morgan fingerprint density at radius 2 is 2.38 bits per heavy atom. The fourth-order valence-electron chi connectivity index (χ4n) is 1.90. The molecule has 0 aromatic carbocycles. The predicted octanol–water partition coefficient (Wildman–Crippen LogP) is -0.277. The first kappa shape index (κ1) is 12.8. The van der Waals surface area contributed by atoms with Gasteiger partial charge >= 0.3 is 0 Å². The van der Waals surface area contributed by atoms with Crippen LogP contribution < -0.4 is 11.1 Å². The third kappa shape index (κ3) is 4.06. The minimum absolute atomic E-state index is 0.0487. The first-order chi connectivity index (χ1) is 7.63. The number of amides is 1. The molecule has 1 aliphatic rings. The molecule has 0 aliphatic carbocycles. The molecule has 16 heavy (non-hydrogen) atoms. The molecule has 0 aromatic rings. The van der Waals surface area contributed by atoms with Gasteiger partial charge in [-0.2, -0.15) is 0 Å². The lowest BCUT2D eigenvalue weighted by Gasteiger charge is -2.32. The SMILES string of the molecule is CN1CCCCC1CNC(=O)CC(N)=NO. The molecule has 6 heteroatoms. The van der Waals surface area contributed by atoms with Crippen molar-refractivity contribution in [1.29, 1.82) is 0 Å². The van der Waals surface area contributed by atoms with Crippen LogP contribution in [-0.4, -0.2) is 48.0 Å². The summed E-state index contributed by atoms with van der Waals surface area (Å²) in [5, 5.41) is 13.9. The Kier molecular flexibility index (Phi) is 5.04. The monoisotopic (exact) mass is 228 g/mol. The minimum atomic E-state index is -0.200. The van der Waals surface area contributed by atoms with Gasteiger partial charge in [0.1, 0.15) is 5.84 Å². The van der Waals surface area contributed by atoms with Crippen molar-refractivity contribution < 1.29 is 10.0 Å². The van der Waals surface area contributed by atoms with Gasteiger partial charge in [-0.15, -0.1) is 0 Å². The van der Waals surface area contributed by atoms with E-state index >= 15 is 0 Å². The number of nitrogens with one attached hydrogen (secondary N) is 1. The molecule has 1 amide bonds. The van der Waals surface area contributed by atoms with Gasteiger partial charge in [-0.1, -0.05) is 11.6 Å². The fraction of sp³-hybridized carbons (Fsp3) is 0.800. The molecular formula is C10H20N4O2. The number of carbonyl (C=O) groups excluding carboxylic acids is 1. The Hall–Kier alpha value is -1.30. The van der Waals surface area contributed by atoms with E-state index in [1.807, 2.05) is 0 Å². The molecule has 1 saturated heterocycles. The Bertz CT molecular complexity index is 268. The van der Waals surface area contributed by atoms with E-state index in [1.54, 1.807) is 0 Å². The first-order valence-electron chi connectivity index (χ1n) is 5.57. The summed E-state index contributed by atoms with van der Waals surface area (Å²) in [6.45, 7) is 1.72. The minimum Gasteiger partial charge on any atom is -0.409 e. The smallest absolute Gasteiger partial charge is 0.227 e. The lowest BCUT2D eigenvalue weighted by atomic mass is 10.0. The molecule has 6 nitrogen and oxygen atoms in total. The van der Waals surface area contributed by atoms with Gasteiger partial charge in [-0.05, 0) is 26.4 Å². The van der Waals surface area contributed by atoms with Crippen molar-refractivity contribution in [3.8, 4) is 0 Å². The van der Waals surface area contributed by atoms with Crippen LogP contribution in [0.1, 0.15) is 25.7 Å². The van der Waals surface area contributed by atoms with Crippen LogP contribution in [0, 0.1) is 0 Å². The molecule has 0 radical (unpaired) electrons. The number of likely N-dealkylation sites (tertiary alicyclic amines) is 1. The molecule has 1 unspecified atom stereocenters. The van der Waals surface area contributed by atoms with E-state index in [0.29, 0.717) is 12.6 Å². The maximum Gasteiger partial charge on any atom is 0.227 e. The molecule has 1 aliphatic heterocycles. The summed E-state index contributed by atoms with van der Waals surface area (Å²) in [5.74, 6) is -0.260. The second-order valence-corrected chi connectivity index (χ2v) is 4.20. The number of amidine groups is 1. The lowest BCUT2D eigenvalue weighted by Crippen LogP contribution is -2.45. The summed E-state index contributed by atoms with van der Waals surface area (Å²) in [6.07, 6.45) is 3.50. The van der Waals surface area contributed by atoms with Crippen molar-refractivity contribution in [3.63, 3.8) is 0 Å². The molecule has 4 N–H and O–H groups in total. The normalized spacial score (nSPS) is 23.1. The van der Waals surface area contributed by atoms with Gasteiger partial charge in [0, 0.05) is 12.6 Å². The Balaban J connectivity index is 2.25. The topological polar surface area (TPSA) is 91.0 Å². The van der Waals surface area contributed by atoms with Crippen LogP contribution >= 0.6 is 0 Å². The zero-order valence-electron chi connectivity index (χ0n) is 9.65. The van der Waals surface area contributed by atoms with E-state index in [2.05, 4.69) is 22.4 Å². The van der Waals surface area contributed by atoms with Crippen molar-refractivity contribution >= 4 is 11.7 Å². The molecule has 1 fully saturated rings. The molecule has 0 aromatic heterocycles. The van der Waals surface area contributed by atoms with Gasteiger partial charge in [0.15, 0.2) is 0 Å². The van der Waals surface area contributed by atoms with E-state index < -0.39 is 0 Å². The second-order valence-electron chi connectivity index (χ2n) is 4.20. The van der Waals surface area contributed by atoms with Gasteiger partial charge in [-0.3, -0.25) is 4.79 Å². The molecule has 1 rings (SSSR count). The highest BCUT2D eigenvalue weighted by atomic mass is 16.4. The Morgan fingerprint density at radius 1 is 1.62 bits per heavy atom. The molecule has 0 bridgehead atoms. The van der Waals surface area contributed by atoms with Crippen LogP contribution in [0.4, 0.5) is 0 Å². The van der Waals surface area contributed by atoms with E-state index in [9.17, 15) is 4.79 Å². The van der Waals surface area contributed by atoms with Crippen LogP contribution in [0.5, 0.6) is 0 Å². The zero-order valence-corrected chi connectivity index (χ0v) is 9.65. The maximum absolute atomic E-state index is 11.4. The van der Waals surface area contributed by atoms with E-state index in [0.717, 1.165) is 13.0 Å². The number of carbonyl (C=O) groups is 1. The highest BCUT2D eigenvalue weighted by Crippen LogP contribution is 2.13. The summed E-state index contributed by atoms with van der Waals surface area (Å²) in [7, 11) is 2.07. The van der Waals surface area contributed by atoms with Crippen molar-refractivity contribution in [2.24, 2.45) is 10.9 Å². The van der Waals surface area contributed by atoms with Gasteiger partial charge in [-0.25, -0.2) is 0 Å². The third-order valence-electron chi connectivity index (χ3n) is 2.93. The van der Waals surface area contributed by atoms with Crippen molar-refractivity contribution in [2.75, 3.05) is 20.1 Å². The molecule has 92 valence electrons. The summed E-state index contributed by atoms with van der Waals surface area (Å²) in [5.41, 5.74) is 5.24.